The van der Waals surface area contributed by atoms with Crippen LogP contribution < -0.4 is 4.90 Å². The van der Waals surface area contributed by atoms with E-state index in [4.69, 9.17) is 8.92 Å². The number of carbonyl (C=O) groups is 1. The second-order valence-electron chi connectivity index (χ2n) is 11.2. The van der Waals surface area contributed by atoms with Crippen molar-refractivity contribution in [3.05, 3.63) is 83.7 Å². The average Bonchev–Trinajstić information content (AvgIpc) is 3.45. The van der Waals surface area contributed by atoms with Crippen LogP contribution in [0, 0.1) is 19.8 Å². The first-order valence-corrected chi connectivity index (χ1v) is 17.5. The number of pyridine rings is 1. The molecule has 0 saturated heterocycles. The van der Waals surface area contributed by atoms with E-state index in [2.05, 4.69) is 4.98 Å². The minimum Gasteiger partial charge on any atom is -0.462 e. The number of hydrogen-bond acceptors (Lipinski definition) is 9. The van der Waals surface area contributed by atoms with Crippen molar-refractivity contribution in [1.29, 1.82) is 0 Å². The number of rotatable bonds is 10. The molecule has 44 heavy (non-hydrogen) atoms. The van der Waals surface area contributed by atoms with Gasteiger partial charge in [0.1, 0.15) is 5.56 Å². The van der Waals surface area contributed by atoms with Crippen LogP contribution in [0.3, 0.4) is 0 Å². The van der Waals surface area contributed by atoms with Gasteiger partial charge in [-0.3, -0.25) is 4.18 Å². The zero-order chi connectivity index (χ0) is 31.6. The van der Waals surface area contributed by atoms with Gasteiger partial charge in [-0.05, 0) is 82.7 Å². The van der Waals surface area contributed by atoms with E-state index in [1.165, 1.54) is 12.4 Å². The number of aromatic nitrogens is 2. The van der Waals surface area contributed by atoms with E-state index in [1.807, 2.05) is 25.8 Å². The predicted octanol–water partition coefficient (Wildman–Crippen LogP) is 5.47. The zero-order valence-corrected chi connectivity index (χ0v) is 26.9. The normalized spacial score (nSPS) is 17.5. The predicted molar refractivity (Wildman–Crippen MR) is 168 cm³/mol. The summed E-state index contributed by atoms with van der Waals surface area (Å²) >= 11 is 0. The van der Waals surface area contributed by atoms with Crippen LogP contribution in [0.4, 0.5) is 5.69 Å². The van der Waals surface area contributed by atoms with Crippen LogP contribution in [0.15, 0.2) is 76.8 Å². The summed E-state index contributed by atoms with van der Waals surface area (Å²) in [7, 11) is -5.91. The van der Waals surface area contributed by atoms with E-state index in [9.17, 15) is 21.6 Å². The smallest absolute Gasteiger partial charge is 0.341 e. The van der Waals surface area contributed by atoms with Gasteiger partial charge >= 0.3 is 5.97 Å². The Kier molecular flexibility index (Phi) is 9.15. The van der Waals surface area contributed by atoms with Crippen molar-refractivity contribution < 1.29 is 30.6 Å². The lowest BCUT2D eigenvalue weighted by atomic mass is 9.85. The number of carbonyl (C=O) groups excluding carboxylic acids is 1. The lowest BCUT2D eigenvalue weighted by Crippen LogP contribution is -2.37. The van der Waals surface area contributed by atoms with Crippen LogP contribution in [0.1, 0.15) is 54.1 Å². The fourth-order valence-corrected chi connectivity index (χ4v) is 7.92. The molecule has 10 nitrogen and oxygen atoms in total. The Balaban J connectivity index is 1.38. The highest BCUT2D eigenvalue weighted by Crippen LogP contribution is 2.37. The molecule has 0 N–H and O–H groups in total. The first-order valence-electron chi connectivity index (χ1n) is 14.6. The molecule has 0 radical (unpaired) electrons. The molecule has 5 rings (SSSR count). The largest absolute Gasteiger partial charge is 0.462 e. The quantitative estimate of drug-likeness (QED) is 0.164. The first kappa shape index (κ1) is 31.7. The molecule has 1 aliphatic rings. The van der Waals surface area contributed by atoms with Crippen molar-refractivity contribution in [3.63, 3.8) is 0 Å². The van der Waals surface area contributed by atoms with Gasteiger partial charge in [-0.1, -0.05) is 35.4 Å². The van der Waals surface area contributed by atoms with Gasteiger partial charge in [0.15, 0.2) is 5.65 Å². The molecule has 12 heteroatoms. The van der Waals surface area contributed by atoms with Crippen LogP contribution in [0.2, 0.25) is 0 Å². The van der Waals surface area contributed by atoms with Crippen molar-refractivity contribution in [2.75, 3.05) is 25.2 Å². The lowest BCUT2D eigenvalue weighted by molar-refractivity contribution is 0.0526. The molecule has 4 aromatic rings. The minimum atomic E-state index is -3.94. The van der Waals surface area contributed by atoms with Gasteiger partial charge in [-0.25, -0.2) is 22.2 Å². The number of aryl methyl sites for hydroxylation is 2. The van der Waals surface area contributed by atoms with E-state index in [1.54, 1.807) is 61.5 Å². The van der Waals surface area contributed by atoms with Gasteiger partial charge in [0.25, 0.3) is 20.1 Å². The van der Waals surface area contributed by atoms with Crippen LogP contribution in [0.25, 0.3) is 11.0 Å². The first-order chi connectivity index (χ1) is 20.9. The Morgan fingerprint density at radius 2 is 1.50 bits per heavy atom. The molecule has 0 unspecified atom stereocenters. The molecule has 2 heterocycles. The average molecular weight is 640 g/mol. The fourth-order valence-electron chi connectivity index (χ4n) is 5.65. The molecule has 2 aromatic carbocycles. The van der Waals surface area contributed by atoms with Gasteiger partial charge in [-0.15, -0.1) is 0 Å². The third-order valence-electron chi connectivity index (χ3n) is 8.21. The topological polar surface area (TPSA) is 125 Å². The molecule has 1 aliphatic carbocycles. The molecule has 1 fully saturated rings. The highest BCUT2D eigenvalue weighted by Gasteiger charge is 2.31. The van der Waals surface area contributed by atoms with Gasteiger partial charge in [0.2, 0.25) is 0 Å². The molecular formula is C32H37N3O7S2. The van der Waals surface area contributed by atoms with E-state index >= 15 is 0 Å². The number of benzene rings is 2. The second kappa shape index (κ2) is 12.7. The lowest BCUT2D eigenvalue weighted by Gasteiger charge is -2.36. The Morgan fingerprint density at radius 3 is 2.09 bits per heavy atom. The molecule has 0 aliphatic heterocycles. The summed E-state index contributed by atoms with van der Waals surface area (Å²) in [4.78, 5) is 19.7. The van der Waals surface area contributed by atoms with E-state index in [0.717, 1.165) is 40.8 Å². The zero-order valence-electron chi connectivity index (χ0n) is 25.3. The summed E-state index contributed by atoms with van der Waals surface area (Å²) < 4.78 is 64.4. The highest BCUT2D eigenvalue weighted by molar-refractivity contribution is 7.90. The maximum atomic E-state index is 13.6. The SMILES string of the molecule is CCOC(=O)c1cnc2c(ccn2S(=O)(=O)c2ccc(C)cc2)c1N(C)[C@H]1CC[C@H](COS(=O)(=O)c2ccc(C)cc2)CC1. The number of esters is 1. The van der Waals surface area contributed by atoms with Crippen molar-refractivity contribution in [3.8, 4) is 0 Å². The maximum absolute atomic E-state index is 13.6. The Bertz CT molecular complexity index is 1860. The minimum absolute atomic E-state index is 0.00999. The molecule has 1 saturated carbocycles. The Labute approximate surface area is 258 Å². The molecule has 234 valence electrons. The molecule has 0 bridgehead atoms. The summed E-state index contributed by atoms with van der Waals surface area (Å²) in [6.07, 6.45) is 5.74. The fraction of sp³-hybridized carbons (Fsp3) is 0.375. The number of fused-ring (bicyclic) bond motifs is 1. The van der Waals surface area contributed by atoms with Crippen LogP contribution in [-0.2, 0) is 29.1 Å². The standard InChI is InChI=1S/C32H37N3O7S2/c1-5-41-32(36)29-20-33-31-28(18-19-35(31)43(37,38)26-14-6-22(2)7-15-26)30(29)34(4)25-12-10-24(11-13-25)21-42-44(39,40)27-16-8-23(3)9-17-27/h6-9,14-20,24-25H,5,10-13,21H2,1-4H3/t24-,25-. The van der Waals surface area contributed by atoms with E-state index in [0.29, 0.717) is 11.1 Å². The van der Waals surface area contributed by atoms with E-state index < -0.39 is 26.1 Å². The number of anilines is 1. The molecule has 2 aromatic heterocycles. The summed E-state index contributed by atoms with van der Waals surface area (Å²) in [5, 5.41) is 0.517. The van der Waals surface area contributed by atoms with Crippen LogP contribution in [0.5, 0.6) is 0 Å². The number of hydrogen-bond donors (Lipinski definition) is 0. The maximum Gasteiger partial charge on any atom is 0.341 e. The third-order valence-corrected chi connectivity index (χ3v) is 11.2. The summed E-state index contributed by atoms with van der Waals surface area (Å²) in [6, 6.07) is 14.9. The Hall–Kier alpha value is -3.74. The number of ether oxygens (including phenoxy) is 1. The van der Waals surface area contributed by atoms with Crippen molar-refractivity contribution in [2.24, 2.45) is 5.92 Å². The molecular weight excluding hydrogens is 603 g/mol. The summed E-state index contributed by atoms with van der Waals surface area (Å²) in [5.74, 6) is -0.483. The summed E-state index contributed by atoms with van der Waals surface area (Å²) in [6.45, 7) is 5.78. The van der Waals surface area contributed by atoms with Gasteiger partial charge in [-0.2, -0.15) is 8.42 Å². The highest BCUT2D eigenvalue weighted by atomic mass is 32.2. The van der Waals surface area contributed by atoms with Gasteiger partial charge in [0.05, 0.1) is 28.7 Å². The number of nitrogens with zero attached hydrogens (tertiary/aromatic N) is 3. The van der Waals surface area contributed by atoms with E-state index in [-0.39, 0.29) is 46.2 Å². The van der Waals surface area contributed by atoms with Crippen LogP contribution in [-0.4, -0.2) is 58.1 Å². The summed E-state index contributed by atoms with van der Waals surface area (Å²) in [5.41, 5.74) is 2.92. The van der Waals surface area contributed by atoms with Gasteiger partial charge in [0, 0.05) is 30.9 Å². The van der Waals surface area contributed by atoms with Crippen molar-refractivity contribution in [2.45, 2.75) is 62.3 Å². The monoisotopic (exact) mass is 639 g/mol. The Morgan fingerprint density at radius 1 is 0.909 bits per heavy atom. The van der Waals surface area contributed by atoms with Crippen molar-refractivity contribution >= 4 is 42.8 Å². The second-order valence-corrected chi connectivity index (χ2v) is 14.7. The molecule has 0 spiro atoms. The molecule has 0 amide bonds. The molecule has 0 atom stereocenters. The van der Waals surface area contributed by atoms with Gasteiger partial charge < -0.3 is 9.64 Å². The third kappa shape index (κ3) is 6.38. The van der Waals surface area contributed by atoms with Crippen molar-refractivity contribution in [1.82, 2.24) is 8.96 Å². The van der Waals surface area contributed by atoms with Crippen LogP contribution >= 0.6 is 0 Å².